The largest absolute Gasteiger partial charge is 0.352 e. The number of hydrogen-bond acceptors (Lipinski definition) is 4. The molecule has 224 valence electrons. The zero-order valence-electron chi connectivity index (χ0n) is 23.9. The average Bonchev–Trinajstić information content (AvgIpc) is 2.95. The van der Waals surface area contributed by atoms with E-state index in [0.29, 0.717) is 21.8 Å². The molecule has 0 radical (unpaired) electrons. The van der Waals surface area contributed by atoms with Crippen molar-refractivity contribution in [1.82, 2.24) is 10.2 Å². The lowest BCUT2D eigenvalue weighted by Crippen LogP contribution is -2.55. The number of carbonyl (C=O) groups is 2. The zero-order valence-corrected chi connectivity index (χ0v) is 25.5. The zero-order chi connectivity index (χ0) is 30.3. The van der Waals surface area contributed by atoms with Crippen LogP contribution in [0.3, 0.4) is 0 Å². The fraction of sp³-hybridized carbons (Fsp3) is 0.375. The minimum atomic E-state index is -3.90. The topological polar surface area (TPSA) is 86.8 Å². The maximum Gasteiger partial charge on any atom is 0.244 e. The van der Waals surface area contributed by atoms with Crippen molar-refractivity contribution in [1.29, 1.82) is 0 Å². The number of nitrogens with zero attached hydrogens (tertiary/aromatic N) is 2. The van der Waals surface area contributed by atoms with Crippen molar-refractivity contribution in [2.75, 3.05) is 17.1 Å². The Kier molecular flexibility index (Phi) is 10.6. The van der Waals surface area contributed by atoms with E-state index in [9.17, 15) is 22.4 Å². The molecule has 1 atom stereocenters. The summed E-state index contributed by atoms with van der Waals surface area (Å²) >= 11 is 6.11. The Hall–Kier alpha value is -3.43. The first-order chi connectivity index (χ1) is 20.0. The maximum absolute atomic E-state index is 14.2. The van der Waals surface area contributed by atoms with E-state index in [1.807, 2.05) is 30.3 Å². The van der Waals surface area contributed by atoms with E-state index in [1.165, 1.54) is 17.0 Å². The summed E-state index contributed by atoms with van der Waals surface area (Å²) in [4.78, 5) is 29.5. The van der Waals surface area contributed by atoms with Gasteiger partial charge in [-0.1, -0.05) is 73.3 Å². The van der Waals surface area contributed by atoms with Gasteiger partial charge in [-0.2, -0.15) is 0 Å². The third-order valence-electron chi connectivity index (χ3n) is 7.60. The summed E-state index contributed by atoms with van der Waals surface area (Å²) in [6, 6.07) is 19.0. The fourth-order valence-electron chi connectivity index (χ4n) is 5.38. The second kappa shape index (κ2) is 14.2. The number of nitrogens with one attached hydrogen (secondary N) is 1. The number of rotatable bonds is 11. The number of carbonyl (C=O) groups excluding carboxylic acids is 2. The Morgan fingerprint density at radius 2 is 1.64 bits per heavy atom. The van der Waals surface area contributed by atoms with E-state index < -0.39 is 34.3 Å². The summed E-state index contributed by atoms with van der Waals surface area (Å²) in [5.41, 5.74) is 2.37. The van der Waals surface area contributed by atoms with E-state index in [-0.39, 0.29) is 24.9 Å². The van der Waals surface area contributed by atoms with Gasteiger partial charge in [0.2, 0.25) is 21.8 Å². The second-order valence-corrected chi connectivity index (χ2v) is 13.2. The number of amides is 2. The van der Waals surface area contributed by atoms with Gasteiger partial charge in [0.15, 0.2) is 0 Å². The van der Waals surface area contributed by atoms with Crippen LogP contribution in [0.1, 0.15) is 48.8 Å². The third-order valence-corrected chi connectivity index (χ3v) is 8.96. The maximum atomic E-state index is 14.2. The highest BCUT2D eigenvalue weighted by atomic mass is 35.5. The Bertz CT molecular complexity index is 1480. The lowest BCUT2D eigenvalue weighted by atomic mass is 9.94. The number of anilines is 1. The van der Waals surface area contributed by atoms with Crippen LogP contribution in [-0.4, -0.2) is 50.0 Å². The van der Waals surface area contributed by atoms with Gasteiger partial charge in [0.05, 0.1) is 11.9 Å². The SMILES string of the molecule is Cc1cc(Cl)ccc1N(CC(=O)N(Cc1ccc(F)cc1)[C@@H](Cc1ccccc1)C(=O)NC1CCCCC1)S(C)(=O)=O. The van der Waals surface area contributed by atoms with Crippen molar-refractivity contribution in [3.05, 3.63) is 100 Å². The van der Waals surface area contributed by atoms with Gasteiger partial charge in [0.1, 0.15) is 18.4 Å². The average molecular weight is 614 g/mol. The van der Waals surface area contributed by atoms with E-state index in [0.717, 1.165) is 48.2 Å². The Balaban J connectivity index is 1.73. The fourth-order valence-corrected chi connectivity index (χ4v) is 6.51. The number of hydrogen-bond donors (Lipinski definition) is 1. The predicted octanol–water partition coefficient (Wildman–Crippen LogP) is 5.64. The first-order valence-corrected chi connectivity index (χ1v) is 16.4. The van der Waals surface area contributed by atoms with Gasteiger partial charge >= 0.3 is 0 Å². The molecule has 0 unspecified atom stereocenters. The van der Waals surface area contributed by atoms with Crippen LogP contribution in [-0.2, 0) is 32.6 Å². The minimum Gasteiger partial charge on any atom is -0.352 e. The van der Waals surface area contributed by atoms with Crippen LogP contribution < -0.4 is 9.62 Å². The van der Waals surface area contributed by atoms with Gasteiger partial charge in [-0.3, -0.25) is 13.9 Å². The molecule has 10 heteroatoms. The van der Waals surface area contributed by atoms with Crippen LogP contribution in [0.25, 0.3) is 0 Å². The molecule has 0 aliphatic heterocycles. The smallest absolute Gasteiger partial charge is 0.244 e. The van der Waals surface area contributed by atoms with Gasteiger partial charge in [-0.25, -0.2) is 12.8 Å². The lowest BCUT2D eigenvalue weighted by Gasteiger charge is -2.35. The van der Waals surface area contributed by atoms with Gasteiger partial charge in [-0.15, -0.1) is 0 Å². The van der Waals surface area contributed by atoms with E-state index in [1.54, 1.807) is 37.3 Å². The van der Waals surface area contributed by atoms with Crippen LogP contribution in [0.4, 0.5) is 10.1 Å². The molecule has 1 aliphatic carbocycles. The predicted molar refractivity (Wildman–Crippen MR) is 164 cm³/mol. The molecule has 7 nitrogen and oxygen atoms in total. The summed E-state index contributed by atoms with van der Waals surface area (Å²) in [6.07, 6.45) is 6.18. The van der Waals surface area contributed by atoms with Gasteiger partial charge in [-0.05, 0) is 66.8 Å². The molecular weight excluding hydrogens is 577 g/mol. The summed E-state index contributed by atoms with van der Waals surface area (Å²) in [6.45, 7) is 1.19. The number of benzene rings is 3. The summed E-state index contributed by atoms with van der Waals surface area (Å²) in [5, 5.41) is 3.60. The van der Waals surface area contributed by atoms with Crippen LogP contribution in [0, 0.1) is 12.7 Å². The Labute approximate surface area is 252 Å². The van der Waals surface area contributed by atoms with Crippen molar-refractivity contribution >= 4 is 39.1 Å². The quantitative estimate of drug-likeness (QED) is 0.303. The number of aryl methyl sites for hydroxylation is 1. The highest BCUT2D eigenvalue weighted by Gasteiger charge is 2.34. The van der Waals surface area contributed by atoms with E-state index in [4.69, 9.17) is 11.6 Å². The van der Waals surface area contributed by atoms with Crippen molar-refractivity contribution in [3.8, 4) is 0 Å². The molecular formula is C32H37ClFN3O4S. The van der Waals surface area contributed by atoms with Crippen molar-refractivity contribution in [2.24, 2.45) is 0 Å². The van der Waals surface area contributed by atoms with Crippen molar-refractivity contribution < 1.29 is 22.4 Å². The Morgan fingerprint density at radius 1 is 0.976 bits per heavy atom. The minimum absolute atomic E-state index is 0.00803. The molecule has 0 saturated heterocycles. The highest BCUT2D eigenvalue weighted by Crippen LogP contribution is 2.27. The van der Waals surface area contributed by atoms with E-state index in [2.05, 4.69) is 5.32 Å². The molecule has 3 aromatic carbocycles. The van der Waals surface area contributed by atoms with Crippen LogP contribution in [0.15, 0.2) is 72.8 Å². The molecule has 42 heavy (non-hydrogen) atoms. The monoisotopic (exact) mass is 613 g/mol. The number of sulfonamides is 1. The molecule has 0 aromatic heterocycles. The molecule has 1 N–H and O–H groups in total. The molecule has 0 bridgehead atoms. The van der Waals surface area contributed by atoms with Crippen molar-refractivity contribution in [2.45, 2.75) is 64.1 Å². The summed E-state index contributed by atoms with van der Waals surface area (Å²) in [7, 11) is -3.90. The summed E-state index contributed by atoms with van der Waals surface area (Å²) < 4.78 is 40.7. The van der Waals surface area contributed by atoms with Crippen LogP contribution in [0.2, 0.25) is 5.02 Å². The van der Waals surface area contributed by atoms with Crippen LogP contribution in [0.5, 0.6) is 0 Å². The second-order valence-electron chi connectivity index (χ2n) is 10.9. The van der Waals surface area contributed by atoms with Crippen molar-refractivity contribution in [3.63, 3.8) is 0 Å². The summed E-state index contributed by atoms with van der Waals surface area (Å²) in [5.74, 6) is -1.28. The van der Waals surface area contributed by atoms with Gasteiger partial charge in [0.25, 0.3) is 0 Å². The molecule has 1 aliphatic rings. The van der Waals surface area contributed by atoms with Gasteiger partial charge in [0, 0.05) is 24.0 Å². The highest BCUT2D eigenvalue weighted by molar-refractivity contribution is 7.92. The van der Waals surface area contributed by atoms with E-state index >= 15 is 0 Å². The standard InChI is InChI=1S/C32H37ClFN3O4S/c1-23-19-26(33)15-18-29(23)37(42(2,40)41)22-31(38)36(21-25-13-16-27(34)17-14-25)30(20-24-9-5-3-6-10-24)32(39)35-28-11-7-4-8-12-28/h3,5-6,9-10,13-19,28,30H,4,7-8,11-12,20-22H2,1-2H3,(H,35,39)/t30-/m0/s1. The molecule has 1 saturated carbocycles. The van der Waals surface area contributed by atoms with Crippen LogP contribution >= 0.6 is 11.6 Å². The lowest BCUT2D eigenvalue weighted by molar-refractivity contribution is -0.140. The Morgan fingerprint density at radius 3 is 2.26 bits per heavy atom. The van der Waals surface area contributed by atoms with Gasteiger partial charge < -0.3 is 10.2 Å². The first kappa shape index (κ1) is 31.5. The first-order valence-electron chi connectivity index (χ1n) is 14.1. The normalized spacial score (nSPS) is 14.7. The molecule has 4 rings (SSSR count). The molecule has 3 aromatic rings. The number of halogens is 2. The molecule has 0 spiro atoms. The molecule has 1 fully saturated rings. The molecule has 2 amide bonds. The molecule has 0 heterocycles. The third kappa shape index (κ3) is 8.55.